The molecule has 2 heterocycles. The summed E-state index contributed by atoms with van der Waals surface area (Å²) in [6, 6.07) is 7.37. The lowest BCUT2D eigenvalue weighted by Gasteiger charge is -2.35. The average Bonchev–Trinajstić information content (AvgIpc) is 2.93. The molecule has 0 saturated carbocycles. The van der Waals surface area contributed by atoms with Crippen molar-refractivity contribution in [2.45, 2.75) is 45.1 Å². The van der Waals surface area contributed by atoms with Crippen molar-refractivity contribution in [3.63, 3.8) is 0 Å². The molecule has 2 saturated heterocycles. The van der Waals surface area contributed by atoms with Gasteiger partial charge in [-0.05, 0) is 50.3 Å². The number of hydrogen-bond donors (Lipinski definition) is 0. The number of likely N-dealkylation sites (tertiary alicyclic amines) is 1. The summed E-state index contributed by atoms with van der Waals surface area (Å²) in [4.78, 5) is 14.8. The van der Waals surface area contributed by atoms with Crippen LogP contribution in [0.1, 0.15) is 49.4 Å². The third kappa shape index (κ3) is 3.22. The van der Waals surface area contributed by atoms with Crippen LogP contribution in [0.5, 0.6) is 0 Å². The van der Waals surface area contributed by atoms with Crippen molar-refractivity contribution >= 4 is 21.6 Å². The van der Waals surface area contributed by atoms with Crippen molar-refractivity contribution in [2.24, 2.45) is 0 Å². The smallest absolute Gasteiger partial charge is 0.254 e. The Morgan fingerprint density at radius 1 is 1.22 bits per heavy atom. The maximum atomic E-state index is 12.9. The highest BCUT2D eigenvalue weighted by atomic mass is 32.2. The quantitative estimate of drug-likeness (QED) is 0.852. The molecule has 2 aliphatic heterocycles. The lowest BCUT2D eigenvalue weighted by atomic mass is 9.99. The van der Waals surface area contributed by atoms with Crippen LogP contribution in [0.3, 0.4) is 0 Å². The van der Waals surface area contributed by atoms with Crippen molar-refractivity contribution in [2.75, 3.05) is 23.1 Å². The summed E-state index contributed by atoms with van der Waals surface area (Å²) in [5.74, 6) is 0.213. The molecule has 2 aliphatic rings. The number of carbonyl (C=O) groups is 1. The Hall–Kier alpha value is -1.56. The topological polar surface area (TPSA) is 57.7 Å². The number of carbonyl (C=O) groups excluding carboxylic acids is 1. The highest BCUT2D eigenvalue weighted by molar-refractivity contribution is 7.93. The second-order valence-corrected chi connectivity index (χ2v) is 8.36. The van der Waals surface area contributed by atoms with Crippen LogP contribution >= 0.6 is 0 Å². The predicted octanol–water partition coefficient (Wildman–Crippen LogP) is 2.63. The van der Waals surface area contributed by atoms with E-state index in [1.165, 1.54) is 10.7 Å². The molecule has 126 valence electrons. The molecule has 0 spiro atoms. The molecule has 1 unspecified atom stereocenters. The molecule has 0 aromatic heterocycles. The Morgan fingerprint density at radius 2 is 2.04 bits per heavy atom. The van der Waals surface area contributed by atoms with Crippen molar-refractivity contribution in [3.05, 3.63) is 29.8 Å². The average molecular weight is 336 g/mol. The lowest BCUT2D eigenvalue weighted by molar-refractivity contribution is 0.0608. The zero-order valence-corrected chi connectivity index (χ0v) is 14.4. The maximum absolute atomic E-state index is 12.9. The first-order valence-electron chi connectivity index (χ1n) is 8.44. The highest BCUT2D eigenvalue weighted by Crippen LogP contribution is 2.27. The Morgan fingerprint density at radius 3 is 2.74 bits per heavy atom. The number of hydrogen-bond acceptors (Lipinski definition) is 3. The van der Waals surface area contributed by atoms with E-state index in [0.29, 0.717) is 30.3 Å². The molecular weight excluding hydrogens is 312 g/mol. The minimum absolute atomic E-state index is 0.0231. The molecule has 1 atom stereocenters. The number of nitrogens with zero attached hydrogens (tertiary/aromatic N) is 2. The van der Waals surface area contributed by atoms with Crippen LogP contribution in [0.4, 0.5) is 5.69 Å². The minimum Gasteiger partial charge on any atom is -0.336 e. The van der Waals surface area contributed by atoms with E-state index in [1.54, 1.807) is 24.3 Å². The normalized spacial score (nSPS) is 24.0. The fraction of sp³-hybridized carbons (Fsp3) is 0.588. The fourth-order valence-corrected chi connectivity index (χ4v) is 5.14. The number of sulfonamides is 1. The van der Waals surface area contributed by atoms with Crippen molar-refractivity contribution in [1.82, 2.24) is 4.90 Å². The molecule has 23 heavy (non-hydrogen) atoms. The van der Waals surface area contributed by atoms with Gasteiger partial charge in [0.1, 0.15) is 0 Å². The third-order valence-corrected chi connectivity index (χ3v) is 6.71. The van der Waals surface area contributed by atoms with E-state index in [9.17, 15) is 13.2 Å². The van der Waals surface area contributed by atoms with E-state index < -0.39 is 10.0 Å². The van der Waals surface area contributed by atoms with Gasteiger partial charge in [0.15, 0.2) is 0 Å². The summed E-state index contributed by atoms with van der Waals surface area (Å²) in [6.07, 6.45) is 4.88. The van der Waals surface area contributed by atoms with Crippen molar-refractivity contribution < 1.29 is 13.2 Å². The third-order valence-electron chi connectivity index (χ3n) is 4.84. The zero-order valence-electron chi connectivity index (χ0n) is 13.6. The largest absolute Gasteiger partial charge is 0.336 e. The number of anilines is 1. The molecule has 0 aliphatic carbocycles. The molecule has 1 amide bonds. The summed E-state index contributed by atoms with van der Waals surface area (Å²) in [5, 5.41) is 0. The van der Waals surface area contributed by atoms with E-state index in [4.69, 9.17) is 0 Å². The van der Waals surface area contributed by atoms with Crippen LogP contribution in [-0.2, 0) is 10.0 Å². The van der Waals surface area contributed by atoms with Gasteiger partial charge in [-0.1, -0.05) is 13.0 Å². The number of rotatable bonds is 3. The lowest BCUT2D eigenvalue weighted by Crippen LogP contribution is -2.43. The molecule has 0 radical (unpaired) electrons. The van der Waals surface area contributed by atoms with Gasteiger partial charge < -0.3 is 4.90 Å². The Labute approximate surface area is 138 Å². The number of amides is 1. The molecule has 0 bridgehead atoms. The van der Waals surface area contributed by atoms with Crippen molar-refractivity contribution in [1.29, 1.82) is 0 Å². The van der Waals surface area contributed by atoms with E-state index in [-0.39, 0.29) is 11.7 Å². The molecule has 5 nitrogen and oxygen atoms in total. The van der Waals surface area contributed by atoms with Crippen LogP contribution in [0.2, 0.25) is 0 Å². The number of benzene rings is 1. The van der Waals surface area contributed by atoms with E-state index in [1.807, 2.05) is 4.90 Å². The van der Waals surface area contributed by atoms with Crippen LogP contribution in [0.25, 0.3) is 0 Å². The predicted molar refractivity (Wildman–Crippen MR) is 91.2 cm³/mol. The molecule has 1 aromatic rings. The van der Waals surface area contributed by atoms with E-state index in [2.05, 4.69) is 6.92 Å². The summed E-state index contributed by atoms with van der Waals surface area (Å²) >= 11 is 0. The summed E-state index contributed by atoms with van der Waals surface area (Å²) in [5.41, 5.74) is 1.20. The SMILES string of the molecule is CCC1CCCCN1C(=O)c1cccc(N2CCCS2(=O)=O)c1. The van der Waals surface area contributed by atoms with Gasteiger partial charge in [-0.15, -0.1) is 0 Å². The molecular formula is C17H24N2O3S. The summed E-state index contributed by atoms with van der Waals surface area (Å²) in [7, 11) is -3.21. The molecule has 6 heteroatoms. The van der Waals surface area contributed by atoms with Gasteiger partial charge >= 0.3 is 0 Å². The Balaban J connectivity index is 1.86. The molecule has 2 fully saturated rings. The zero-order chi connectivity index (χ0) is 16.4. The molecule has 0 N–H and O–H groups in total. The molecule has 3 rings (SSSR count). The Bertz CT molecular complexity index is 687. The fourth-order valence-electron chi connectivity index (χ4n) is 3.58. The highest BCUT2D eigenvalue weighted by Gasteiger charge is 2.30. The standard InChI is InChI=1S/C17H24N2O3S/c1-2-15-8-3-4-10-18(15)17(20)14-7-5-9-16(13-14)19-11-6-12-23(19,21)22/h5,7,9,13,15H,2-4,6,8,10-12H2,1H3. The van der Waals surface area contributed by atoms with Crippen LogP contribution in [0.15, 0.2) is 24.3 Å². The first kappa shape index (κ1) is 16.3. The van der Waals surface area contributed by atoms with Gasteiger partial charge in [0, 0.05) is 24.7 Å². The summed E-state index contributed by atoms with van der Waals surface area (Å²) < 4.78 is 25.6. The molecule has 1 aromatic carbocycles. The first-order chi connectivity index (χ1) is 11.0. The minimum atomic E-state index is -3.21. The van der Waals surface area contributed by atoms with Gasteiger partial charge in [0.2, 0.25) is 10.0 Å². The van der Waals surface area contributed by atoms with Crippen LogP contribution in [0, 0.1) is 0 Å². The van der Waals surface area contributed by atoms with Gasteiger partial charge in [-0.25, -0.2) is 8.42 Å². The van der Waals surface area contributed by atoms with Gasteiger partial charge in [-0.2, -0.15) is 0 Å². The van der Waals surface area contributed by atoms with Crippen LogP contribution in [-0.4, -0.2) is 44.1 Å². The van der Waals surface area contributed by atoms with Crippen LogP contribution < -0.4 is 4.31 Å². The van der Waals surface area contributed by atoms with Gasteiger partial charge in [0.25, 0.3) is 5.91 Å². The first-order valence-corrected chi connectivity index (χ1v) is 10.1. The summed E-state index contributed by atoms with van der Waals surface area (Å²) in [6.45, 7) is 3.41. The second-order valence-electron chi connectivity index (χ2n) is 6.35. The Kier molecular flexibility index (Phi) is 4.62. The van der Waals surface area contributed by atoms with Gasteiger partial charge in [0.05, 0.1) is 11.4 Å². The maximum Gasteiger partial charge on any atom is 0.254 e. The van der Waals surface area contributed by atoms with E-state index in [0.717, 1.165) is 25.8 Å². The van der Waals surface area contributed by atoms with Gasteiger partial charge in [-0.3, -0.25) is 9.10 Å². The van der Waals surface area contributed by atoms with Crippen molar-refractivity contribution in [3.8, 4) is 0 Å². The monoisotopic (exact) mass is 336 g/mol. The second kappa shape index (κ2) is 6.51. The van der Waals surface area contributed by atoms with E-state index >= 15 is 0 Å². The number of piperidine rings is 1.